The summed E-state index contributed by atoms with van der Waals surface area (Å²) in [6.07, 6.45) is 0. The van der Waals surface area contributed by atoms with Crippen molar-refractivity contribution in [2.24, 2.45) is 0 Å². The minimum atomic E-state index is -1.04. The number of methoxy groups -OCH3 is 2. The van der Waals surface area contributed by atoms with Gasteiger partial charge in [0.1, 0.15) is 29.0 Å². The molecule has 1 aliphatic rings. The first-order chi connectivity index (χ1) is 18.4. The summed E-state index contributed by atoms with van der Waals surface area (Å²) in [6.45, 7) is 2.40. The third-order valence-electron chi connectivity index (χ3n) is 6.16. The van der Waals surface area contributed by atoms with Crippen LogP contribution in [0, 0.1) is 0 Å². The summed E-state index contributed by atoms with van der Waals surface area (Å²) in [7, 11) is 3.00. The number of fused-ring (bicyclic) bond motifs is 1. The van der Waals surface area contributed by atoms with Crippen molar-refractivity contribution in [3.63, 3.8) is 0 Å². The van der Waals surface area contributed by atoms with Crippen LogP contribution >= 0.6 is 22.9 Å². The second-order valence-electron chi connectivity index (χ2n) is 8.34. The smallest absolute Gasteiger partial charge is 0.301 e. The lowest BCUT2D eigenvalue weighted by Crippen LogP contribution is -2.29. The minimum absolute atomic E-state index is 0.0989. The Kier molecular flexibility index (Phi) is 6.96. The van der Waals surface area contributed by atoms with Crippen LogP contribution < -0.4 is 19.1 Å². The molecule has 5 rings (SSSR count). The number of hydrogen-bond acceptors (Lipinski definition) is 8. The molecule has 194 valence electrons. The highest BCUT2D eigenvalue weighted by atomic mass is 35.5. The van der Waals surface area contributed by atoms with Crippen LogP contribution in [0.1, 0.15) is 24.1 Å². The number of benzene rings is 3. The molecule has 2 heterocycles. The van der Waals surface area contributed by atoms with E-state index < -0.39 is 17.7 Å². The van der Waals surface area contributed by atoms with Gasteiger partial charge in [-0.3, -0.25) is 14.5 Å². The molecule has 1 fully saturated rings. The van der Waals surface area contributed by atoms with Gasteiger partial charge in [0.05, 0.1) is 36.6 Å². The molecule has 1 atom stereocenters. The number of amides is 1. The van der Waals surface area contributed by atoms with Gasteiger partial charge in [-0.05, 0) is 67.6 Å². The van der Waals surface area contributed by atoms with Crippen LogP contribution in [0.4, 0.5) is 5.13 Å². The number of ketones is 1. The summed E-state index contributed by atoms with van der Waals surface area (Å²) in [5.74, 6) is -0.433. The Morgan fingerprint density at radius 2 is 1.76 bits per heavy atom. The lowest BCUT2D eigenvalue weighted by atomic mass is 9.94. The van der Waals surface area contributed by atoms with Gasteiger partial charge in [-0.15, -0.1) is 0 Å². The summed E-state index contributed by atoms with van der Waals surface area (Å²) < 4.78 is 17.4. The SMILES string of the molecule is CCOc1ccc2nc(N3C(=O)C(=O)C(=C(O)c4ccc(Cl)cc4)[C@H]3c3cc(OC)ccc3OC)sc2c1. The number of hydrogen-bond donors (Lipinski definition) is 1. The van der Waals surface area contributed by atoms with E-state index in [4.69, 9.17) is 25.8 Å². The Labute approximate surface area is 227 Å². The zero-order chi connectivity index (χ0) is 27.0. The lowest BCUT2D eigenvalue weighted by molar-refractivity contribution is -0.132. The topological polar surface area (TPSA) is 98.2 Å². The fourth-order valence-corrected chi connectivity index (χ4v) is 5.54. The van der Waals surface area contributed by atoms with E-state index in [1.807, 2.05) is 13.0 Å². The highest BCUT2D eigenvalue weighted by molar-refractivity contribution is 7.22. The van der Waals surface area contributed by atoms with Gasteiger partial charge >= 0.3 is 5.91 Å². The molecule has 0 spiro atoms. The molecule has 0 bridgehead atoms. The molecule has 1 aromatic heterocycles. The van der Waals surface area contributed by atoms with Crippen molar-refractivity contribution in [2.45, 2.75) is 13.0 Å². The number of aliphatic hydroxyl groups excluding tert-OH is 1. The van der Waals surface area contributed by atoms with E-state index >= 15 is 0 Å². The van der Waals surface area contributed by atoms with Gasteiger partial charge in [0.15, 0.2) is 5.13 Å². The van der Waals surface area contributed by atoms with E-state index in [1.54, 1.807) is 54.6 Å². The molecule has 4 aromatic rings. The highest BCUT2D eigenvalue weighted by Crippen LogP contribution is 2.47. The fraction of sp³-hybridized carbons (Fsp3) is 0.179. The van der Waals surface area contributed by atoms with Crippen molar-refractivity contribution in [2.75, 3.05) is 25.7 Å². The maximum absolute atomic E-state index is 13.6. The van der Waals surface area contributed by atoms with Gasteiger partial charge in [0, 0.05) is 16.1 Å². The van der Waals surface area contributed by atoms with Crippen molar-refractivity contribution in [1.82, 2.24) is 4.98 Å². The molecule has 0 saturated carbocycles. The Balaban J connectivity index is 1.75. The molecule has 3 aromatic carbocycles. The van der Waals surface area contributed by atoms with Gasteiger partial charge in [-0.1, -0.05) is 22.9 Å². The third-order valence-corrected chi connectivity index (χ3v) is 7.43. The molecule has 0 radical (unpaired) electrons. The van der Waals surface area contributed by atoms with Crippen LogP contribution in [-0.2, 0) is 9.59 Å². The predicted molar refractivity (Wildman–Crippen MR) is 147 cm³/mol. The quantitative estimate of drug-likeness (QED) is 0.171. The van der Waals surface area contributed by atoms with E-state index in [1.165, 1.54) is 30.5 Å². The maximum Gasteiger partial charge on any atom is 0.301 e. The number of carbonyl (C=O) groups is 2. The van der Waals surface area contributed by atoms with Crippen LogP contribution in [0.15, 0.2) is 66.2 Å². The summed E-state index contributed by atoms with van der Waals surface area (Å²) in [6, 6.07) is 15.8. The second kappa shape index (κ2) is 10.4. The fourth-order valence-electron chi connectivity index (χ4n) is 4.39. The number of carbonyl (C=O) groups excluding carboxylic acids is 2. The zero-order valence-electron chi connectivity index (χ0n) is 20.7. The number of halogens is 1. The van der Waals surface area contributed by atoms with E-state index in [2.05, 4.69) is 4.98 Å². The van der Waals surface area contributed by atoms with E-state index in [9.17, 15) is 14.7 Å². The Bertz CT molecular complexity index is 1580. The van der Waals surface area contributed by atoms with Crippen molar-refractivity contribution in [1.29, 1.82) is 0 Å². The average molecular weight is 551 g/mol. The molecule has 0 aliphatic carbocycles. The molecule has 1 N–H and O–H groups in total. The second-order valence-corrected chi connectivity index (χ2v) is 9.79. The molecule has 0 unspecified atom stereocenters. The zero-order valence-corrected chi connectivity index (χ0v) is 22.3. The first-order valence-corrected chi connectivity index (χ1v) is 12.9. The van der Waals surface area contributed by atoms with Crippen molar-refractivity contribution in [3.8, 4) is 17.2 Å². The predicted octanol–water partition coefficient (Wildman–Crippen LogP) is 5.99. The normalized spacial score (nSPS) is 16.7. The molecular weight excluding hydrogens is 528 g/mol. The molecule has 1 amide bonds. The molecule has 38 heavy (non-hydrogen) atoms. The number of rotatable bonds is 7. The van der Waals surface area contributed by atoms with Gasteiger partial charge in [-0.25, -0.2) is 4.98 Å². The maximum atomic E-state index is 13.6. The van der Waals surface area contributed by atoms with E-state index in [-0.39, 0.29) is 11.3 Å². The van der Waals surface area contributed by atoms with Gasteiger partial charge in [0.2, 0.25) is 0 Å². The summed E-state index contributed by atoms with van der Waals surface area (Å²) in [5, 5.41) is 12.1. The van der Waals surface area contributed by atoms with Crippen LogP contribution in [0.2, 0.25) is 5.02 Å². The molecule has 1 saturated heterocycles. The number of ether oxygens (including phenoxy) is 3. The van der Waals surface area contributed by atoms with Gasteiger partial charge in [0.25, 0.3) is 5.78 Å². The Hall–Kier alpha value is -4.08. The first-order valence-electron chi connectivity index (χ1n) is 11.7. The molecule has 1 aliphatic heterocycles. The van der Waals surface area contributed by atoms with Crippen molar-refractivity contribution < 1.29 is 28.9 Å². The first kappa shape index (κ1) is 25.6. The van der Waals surface area contributed by atoms with Crippen molar-refractivity contribution >= 4 is 55.7 Å². The summed E-state index contributed by atoms with van der Waals surface area (Å²) >= 11 is 7.27. The third kappa shape index (κ3) is 4.44. The van der Waals surface area contributed by atoms with Crippen LogP contribution in [0.5, 0.6) is 17.2 Å². The number of thiazole rings is 1. The highest BCUT2D eigenvalue weighted by Gasteiger charge is 2.49. The van der Waals surface area contributed by atoms with Crippen molar-refractivity contribution in [3.05, 3.63) is 82.4 Å². The average Bonchev–Trinajstić information content (AvgIpc) is 3.46. The van der Waals surface area contributed by atoms with E-state index in [0.717, 1.165) is 4.70 Å². The number of Topliss-reactive ketones (excluding diaryl/α,β-unsaturated/α-hetero) is 1. The number of nitrogens with zero attached hydrogens (tertiary/aromatic N) is 2. The van der Waals surface area contributed by atoms with Gasteiger partial charge < -0.3 is 19.3 Å². The van der Waals surface area contributed by atoms with E-state index in [0.29, 0.717) is 50.7 Å². The van der Waals surface area contributed by atoms with Crippen LogP contribution in [0.3, 0.4) is 0 Å². The summed E-state index contributed by atoms with van der Waals surface area (Å²) in [4.78, 5) is 33.0. The number of aliphatic hydroxyl groups is 1. The minimum Gasteiger partial charge on any atom is -0.507 e. The monoisotopic (exact) mass is 550 g/mol. The van der Waals surface area contributed by atoms with Crippen LogP contribution in [-0.4, -0.2) is 42.6 Å². The lowest BCUT2D eigenvalue weighted by Gasteiger charge is -2.25. The molecular formula is C28H23ClN2O6S. The largest absolute Gasteiger partial charge is 0.507 e. The Morgan fingerprint density at radius 3 is 2.45 bits per heavy atom. The molecule has 8 nitrogen and oxygen atoms in total. The van der Waals surface area contributed by atoms with Crippen LogP contribution in [0.25, 0.3) is 16.0 Å². The standard InChI is InChI=1S/C28H23ClN2O6S/c1-4-37-18-9-11-20-22(14-18)38-28(30-20)31-24(19-13-17(35-2)10-12-21(19)36-3)23(26(33)27(31)34)25(32)15-5-7-16(29)8-6-15/h5-14,24,32H,4H2,1-3H3/t24-/m1/s1. The Morgan fingerprint density at radius 1 is 1.03 bits per heavy atom. The van der Waals surface area contributed by atoms with Gasteiger partial charge in [-0.2, -0.15) is 0 Å². The number of aromatic nitrogens is 1. The summed E-state index contributed by atoms with van der Waals surface area (Å²) in [5.41, 5.74) is 1.34. The number of anilines is 1. The molecule has 10 heteroatoms.